The van der Waals surface area contributed by atoms with E-state index in [1.54, 1.807) is 0 Å². The van der Waals surface area contributed by atoms with Crippen LogP contribution in [0.4, 0.5) is 5.69 Å². The number of hydrogen-bond donors (Lipinski definition) is 2. The van der Waals surface area contributed by atoms with Gasteiger partial charge in [0, 0.05) is 18.3 Å². The van der Waals surface area contributed by atoms with Crippen LogP contribution >= 0.6 is 0 Å². The second kappa shape index (κ2) is 3.36. The van der Waals surface area contributed by atoms with E-state index in [-0.39, 0.29) is 12.8 Å². The van der Waals surface area contributed by atoms with Gasteiger partial charge in [0.2, 0.25) is 0 Å². The number of anilines is 1. The second-order valence-electron chi connectivity index (χ2n) is 3.36. The molecule has 3 N–H and O–H groups in total. The molecular formula is C10H14N2O. The molecule has 2 rings (SSSR count). The topological polar surface area (TPSA) is 49.5 Å². The van der Waals surface area contributed by atoms with E-state index in [0.717, 1.165) is 24.2 Å². The van der Waals surface area contributed by atoms with Crippen molar-refractivity contribution in [1.82, 2.24) is 0 Å². The SMILES string of the molecule is NC1CCN(CO)c2ccccc21. The number of nitrogens with two attached hydrogens (primary N) is 1. The molecule has 0 bridgehead atoms. The van der Waals surface area contributed by atoms with Gasteiger partial charge in [0.05, 0.1) is 0 Å². The number of hydrogen-bond acceptors (Lipinski definition) is 3. The summed E-state index contributed by atoms with van der Waals surface area (Å²) in [5, 5.41) is 9.11. The zero-order chi connectivity index (χ0) is 9.26. The average Bonchev–Trinajstić information content (AvgIpc) is 2.19. The van der Waals surface area contributed by atoms with Gasteiger partial charge in [0.15, 0.2) is 0 Å². The lowest BCUT2D eigenvalue weighted by atomic mass is 9.98. The van der Waals surface area contributed by atoms with Gasteiger partial charge in [-0.05, 0) is 18.1 Å². The molecule has 0 spiro atoms. The predicted octanol–water partition coefficient (Wildman–Crippen LogP) is 0.846. The van der Waals surface area contributed by atoms with Gasteiger partial charge < -0.3 is 15.7 Å². The first-order chi connectivity index (χ1) is 6.33. The first-order valence-electron chi connectivity index (χ1n) is 4.53. The maximum Gasteiger partial charge on any atom is 0.115 e. The Balaban J connectivity index is 2.42. The summed E-state index contributed by atoms with van der Waals surface area (Å²) in [6.45, 7) is 0.915. The van der Waals surface area contributed by atoms with Crippen LogP contribution in [0.2, 0.25) is 0 Å². The normalized spacial score (nSPS) is 21.4. The van der Waals surface area contributed by atoms with Crippen molar-refractivity contribution in [1.29, 1.82) is 0 Å². The molecule has 13 heavy (non-hydrogen) atoms. The van der Waals surface area contributed by atoms with Crippen molar-refractivity contribution in [2.24, 2.45) is 5.73 Å². The highest BCUT2D eigenvalue weighted by Crippen LogP contribution is 2.31. The van der Waals surface area contributed by atoms with Crippen LogP contribution in [0.25, 0.3) is 0 Å². The number of nitrogens with zero attached hydrogens (tertiary/aromatic N) is 1. The molecular weight excluding hydrogens is 164 g/mol. The fourth-order valence-electron chi connectivity index (χ4n) is 1.81. The van der Waals surface area contributed by atoms with E-state index in [4.69, 9.17) is 10.8 Å². The molecule has 0 amide bonds. The highest BCUT2D eigenvalue weighted by molar-refractivity contribution is 5.56. The Hall–Kier alpha value is -1.06. The quantitative estimate of drug-likeness (QED) is 0.670. The maximum atomic E-state index is 9.11. The molecule has 0 fully saturated rings. The van der Waals surface area contributed by atoms with Crippen LogP contribution in [0.15, 0.2) is 24.3 Å². The highest BCUT2D eigenvalue weighted by atomic mass is 16.3. The lowest BCUT2D eigenvalue weighted by Crippen LogP contribution is -2.34. The van der Waals surface area contributed by atoms with E-state index in [9.17, 15) is 0 Å². The van der Waals surface area contributed by atoms with E-state index in [2.05, 4.69) is 0 Å². The standard InChI is InChI=1S/C10H14N2O/c11-9-5-6-12(7-13)10-4-2-1-3-8(9)10/h1-4,9,13H,5-7,11H2. The van der Waals surface area contributed by atoms with Crippen LogP contribution in [-0.4, -0.2) is 18.4 Å². The summed E-state index contributed by atoms with van der Waals surface area (Å²) in [7, 11) is 0. The molecule has 0 aromatic heterocycles. The number of benzene rings is 1. The van der Waals surface area contributed by atoms with Crippen LogP contribution in [-0.2, 0) is 0 Å². The predicted molar refractivity (Wildman–Crippen MR) is 52.4 cm³/mol. The number of para-hydroxylation sites is 1. The Morgan fingerprint density at radius 2 is 2.23 bits per heavy atom. The summed E-state index contributed by atoms with van der Waals surface area (Å²) in [6.07, 6.45) is 0.914. The van der Waals surface area contributed by atoms with Gasteiger partial charge in [-0.1, -0.05) is 18.2 Å². The Bertz CT molecular complexity index is 301. The third kappa shape index (κ3) is 1.41. The molecule has 1 aromatic rings. The van der Waals surface area contributed by atoms with E-state index in [1.807, 2.05) is 29.2 Å². The fraction of sp³-hybridized carbons (Fsp3) is 0.400. The zero-order valence-electron chi connectivity index (χ0n) is 7.48. The van der Waals surface area contributed by atoms with Crippen molar-refractivity contribution in [3.05, 3.63) is 29.8 Å². The largest absolute Gasteiger partial charge is 0.376 e. The smallest absolute Gasteiger partial charge is 0.115 e. The van der Waals surface area contributed by atoms with Crippen LogP contribution in [0, 0.1) is 0 Å². The van der Waals surface area contributed by atoms with Crippen LogP contribution in [0.5, 0.6) is 0 Å². The zero-order valence-corrected chi connectivity index (χ0v) is 7.48. The minimum atomic E-state index is 0.0731. The average molecular weight is 178 g/mol. The van der Waals surface area contributed by atoms with Crippen molar-refractivity contribution in [2.45, 2.75) is 12.5 Å². The lowest BCUT2D eigenvalue weighted by molar-refractivity contribution is 0.285. The van der Waals surface area contributed by atoms with Gasteiger partial charge in [0.1, 0.15) is 6.73 Å². The molecule has 1 aliphatic heterocycles. The minimum Gasteiger partial charge on any atom is -0.376 e. The first-order valence-corrected chi connectivity index (χ1v) is 4.53. The van der Waals surface area contributed by atoms with Gasteiger partial charge in [0.25, 0.3) is 0 Å². The van der Waals surface area contributed by atoms with Crippen molar-refractivity contribution < 1.29 is 5.11 Å². The molecule has 1 atom stereocenters. The summed E-state index contributed by atoms with van der Waals surface area (Å²) in [6, 6.07) is 8.12. The molecule has 1 aliphatic rings. The van der Waals surface area contributed by atoms with Gasteiger partial charge in [-0.2, -0.15) is 0 Å². The Labute approximate surface area is 77.8 Å². The third-order valence-electron chi connectivity index (χ3n) is 2.56. The van der Waals surface area contributed by atoms with Crippen molar-refractivity contribution in [2.75, 3.05) is 18.2 Å². The Morgan fingerprint density at radius 3 is 3.00 bits per heavy atom. The molecule has 1 aromatic carbocycles. The van der Waals surface area contributed by atoms with E-state index in [1.165, 1.54) is 0 Å². The molecule has 0 aliphatic carbocycles. The second-order valence-corrected chi connectivity index (χ2v) is 3.36. The molecule has 1 unspecified atom stereocenters. The molecule has 3 heteroatoms. The first kappa shape index (κ1) is 8.53. The summed E-state index contributed by atoms with van der Waals surface area (Å²) in [5.74, 6) is 0. The molecule has 70 valence electrons. The number of fused-ring (bicyclic) bond motifs is 1. The minimum absolute atomic E-state index is 0.0731. The lowest BCUT2D eigenvalue weighted by Gasteiger charge is -2.32. The summed E-state index contributed by atoms with van der Waals surface area (Å²) in [5.41, 5.74) is 8.17. The monoisotopic (exact) mass is 178 g/mol. The van der Waals surface area contributed by atoms with Crippen molar-refractivity contribution >= 4 is 5.69 Å². The number of aliphatic hydroxyl groups excluding tert-OH is 1. The van der Waals surface area contributed by atoms with Gasteiger partial charge in [-0.3, -0.25) is 0 Å². The number of aliphatic hydroxyl groups is 1. The summed E-state index contributed by atoms with van der Waals surface area (Å²) < 4.78 is 0. The van der Waals surface area contributed by atoms with Gasteiger partial charge >= 0.3 is 0 Å². The van der Waals surface area contributed by atoms with E-state index in [0.29, 0.717) is 0 Å². The van der Waals surface area contributed by atoms with Crippen molar-refractivity contribution in [3.8, 4) is 0 Å². The Morgan fingerprint density at radius 1 is 1.46 bits per heavy atom. The maximum absolute atomic E-state index is 9.11. The summed E-state index contributed by atoms with van der Waals surface area (Å²) in [4.78, 5) is 1.94. The molecule has 0 saturated carbocycles. The fourth-order valence-corrected chi connectivity index (χ4v) is 1.81. The molecule has 0 radical (unpaired) electrons. The molecule has 0 saturated heterocycles. The summed E-state index contributed by atoms with van der Waals surface area (Å²) >= 11 is 0. The van der Waals surface area contributed by atoms with Crippen LogP contribution < -0.4 is 10.6 Å². The van der Waals surface area contributed by atoms with Crippen molar-refractivity contribution in [3.63, 3.8) is 0 Å². The molecule has 1 heterocycles. The molecule has 3 nitrogen and oxygen atoms in total. The van der Waals surface area contributed by atoms with Crippen LogP contribution in [0.3, 0.4) is 0 Å². The van der Waals surface area contributed by atoms with E-state index >= 15 is 0 Å². The van der Waals surface area contributed by atoms with Gasteiger partial charge in [-0.25, -0.2) is 0 Å². The highest BCUT2D eigenvalue weighted by Gasteiger charge is 2.20. The Kier molecular flexibility index (Phi) is 2.20. The van der Waals surface area contributed by atoms with E-state index < -0.39 is 0 Å². The number of rotatable bonds is 1. The van der Waals surface area contributed by atoms with Crippen LogP contribution in [0.1, 0.15) is 18.0 Å². The third-order valence-corrected chi connectivity index (χ3v) is 2.56. The van der Waals surface area contributed by atoms with Gasteiger partial charge in [-0.15, -0.1) is 0 Å².